The van der Waals surface area contributed by atoms with Crippen molar-refractivity contribution in [3.05, 3.63) is 40.2 Å². The van der Waals surface area contributed by atoms with Gasteiger partial charge in [0.05, 0.1) is 13.2 Å². The van der Waals surface area contributed by atoms with Crippen LogP contribution in [0.1, 0.15) is 31.1 Å². The molecule has 0 spiro atoms. The smallest absolute Gasteiger partial charge is 0.319 e. The summed E-state index contributed by atoms with van der Waals surface area (Å²) in [5, 5.41) is 2.04. The van der Waals surface area contributed by atoms with E-state index in [2.05, 4.69) is 15.3 Å². The first-order valence-electron chi connectivity index (χ1n) is 8.63. The van der Waals surface area contributed by atoms with Crippen LogP contribution in [0.15, 0.2) is 34.2 Å². The van der Waals surface area contributed by atoms with Crippen molar-refractivity contribution in [3.8, 4) is 5.75 Å². The van der Waals surface area contributed by atoms with Crippen LogP contribution in [-0.4, -0.2) is 40.3 Å². The van der Waals surface area contributed by atoms with E-state index in [1.807, 2.05) is 6.92 Å². The van der Waals surface area contributed by atoms with Gasteiger partial charge in [0.1, 0.15) is 16.7 Å². The molecule has 28 heavy (non-hydrogen) atoms. The van der Waals surface area contributed by atoms with Gasteiger partial charge in [0.25, 0.3) is 11.5 Å². The number of hydrogen-bond acceptors (Lipinski definition) is 8. The predicted molar refractivity (Wildman–Crippen MR) is 107 cm³/mol. The minimum Gasteiger partial charge on any atom is -0.494 e. The van der Waals surface area contributed by atoms with Gasteiger partial charge in [-0.25, -0.2) is 4.98 Å². The van der Waals surface area contributed by atoms with Crippen molar-refractivity contribution < 1.29 is 19.1 Å². The van der Waals surface area contributed by atoms with Gasteiger partial charge in [0.2, 0.25) is 0 Å². The van der Waals surface area contributed by atoms with E-state index in [4.69, 9.17) is 15.2 Å². The molecular weight excluding hydrogens is 384 g/mol. The molecule has 2 aromatic rings. The Morgan fingerprint density at radius 3 is 2.50 bits per heavy atom. The van der Waals surface area contributed by atoms with Crippen LogP contribution in [0.5, 0.6) is 5.75 Å². The number of aromatic amines is 1. The van der Waals surface area contributed by atoms with Crippen molar-refractivity contribution in [1.29, 1.82) is 0 Å². The highest BCUT2D eigenvalue weighted by molar-refractivity contribution is 8.00. The van der Waals surface area contributed by atoms with Crippen LogP contribution in [-0.2, 0) is 9.53 Å². The van der Waals surface area contributed by atoms with Gasteiger partial charge in [0, 0.05) is 5.56 Å². The van der Waals surface area contributed by atoms with Crippen LogP contribution < -0.4 is 21.3 Å². The Morgan fingerprint density at radius 2 is 1.93 bits per heavy atom. The van der Waals surface area contributed by atoms with E-state index in [0.717, 1.165) is 11.8 Å². The van der Waals surface area contributed by atoms with Gasteiger partial charge in [-0.05, 0) is 45.0 Å². The van der Waals surface area contributed by atoms with Crippen molar-refractivity contribution in [1.82, 2.24) is 9.97 Å². The van der Waals surface area contributed by atoms with Crippen molar-refractivity contribution in [2.75, 3.05) is 24.3 Å². The van der Waals surface area contributed by atoms with Crippen molar-refractivity contribution >= 4 is 35.1 Å². The number of hydrogen-bond donors (Lipinski definition) is 3. The molecule has 0 saturated heterocycles. The summed E-state index contributed by atoms with van der Waals surface area (Å²) in [6.45, 7) is 5.96. The molecule has 0 fully saturated rings. The Morgan fingerprint density at radius 1 is 1.25 bits per heavy atom. The maximum Gasteiger partial charge on any atom is 0.319 e. The number of amides is 1. The van der Waals surface area contributed by atoms with Crippen molar-refractivity contribution in [2.24, 2.45) is 0 Å². The largest absolute Gasteiger partial charge is 0.494 e. The maximum absolute atomic E-state index is 12.4. The summed E-state index contributed by atoms with van der Waals surface area (Å²) < 4.78 is 10.2. The molecule has 4 N–H and O–H groups in total. The highest BCUT2D eigenvalue weighted by Crippen LogP contribution is 2.22. The lowest BCUT2D eigenvalue weighted by molar-refractivity contribution is -0.142. The average Bonchev–Trinajstić information content (AvgIpc) is 2.65. The van der Waals surface area contributed by atoms with E-state index in [9.17, 15) is 14.4 Å². The molecule has 9 nitrogen and oxygen atoms in total. The summed E-state index contributed by atoms with van der Waals surface area (Å²) in [6, 6.07) is 6.45. The third-order valence-electron chi connectivity index (χ3n) is 3.50. The molecule has 0 radical (unpaired) electrons. The SMILES string of the molecule is CCOC(=O)[C@H](C)Sc1nc(N)c(NC(=O)c2ccc(OCC)cc2)c(=O)[nH]1. The summed E-state index contributed by atoms with van der Waals surface area (Å²) in [7, 11) is 0. The standard InChI is InChI=1S/C18H22N4O5S/c1-4-26-12-8-6-11(7-9-12)15(23)20-13-14(19)21-18(22-16(13)24)28-10(3)17(25)27-5-2/h6-10H,4-5H2,1-3H3,(H,20,23)(H3,19,21,22,24)/t10-/m0/s1. The normalized spacial score (nSPS) is 11.5. The van der Waals surface area contributed by atoms with Crippen LogP contribution in [0.4, 0.5) is 11.5 Å². The molecule has 1 atom stereocenters. The lowest BCUT2D eigenvalue weighted by Gasteiger charge is -2.11. The Hall–Kier alpha value is -3.01. The third-order valence-corrected chi connectivity index (χ3v) is 4.46. The first-order valence-corrected chi connectivity index (χ1v) is 9.50. The number of nitrogen functional groups attached to an aromatic ring is 1. The van der Waals surface area contributed by atoms with Gasteiger partial charge in [-0.1, -0.05) is 11.8 Å². The molecule has 1 aromatic carbocycles. The zero-order valence-corrected chi connectivity index (χ0v) is 16.6. The van der Waals surface area contributed by atoms with Crippen LogP contribution in [0.25, 0.3) is 0 Å². The van der Waals surface area contributed by atoms with Crippen molar-refractivity contribution in [3.63, 3.8) is 0 Å². The third kappa shape index (κ3) is 5.49. The predicted octanol–water partition coefficient (Wildman–Crippen LogP) is 2.05. The monoisotopic (exact) mass is 406 g/mol. The molecule has 1 aromatic heterocycles. The number of anilines is 2. The molecule has 0 unspecified atom stereocenters. The van der Waals surface area contributed by atoms with Gasteiger partial charge in [-0.3, -0.25) is 19.4 Å². The number of nitrogens with two attached hydrogens (primary N) is 1. The maximum atomic E-state index is 12.4. The summed E-state index contributed by atoms with van der Waals surface area (Å²) in [6.07, 6.45) is 0. The van der Waals surface area contributed by atoms with Crippen LogP contribution in [0.3, 0.4) is 0 Å². The Balaban J connectivity index is 2.13. The molecular formula is C18H22N4O5S. The number of ether oxygens (including phenoxy) is 2. The fourth-order valence-electron chi connectivity index (χ4n) is 2.18. The molecule has 0 saturated carbocycles. The van der Waals surface area contributed by atoms with E-state index >= 15 is 0 Å². The van der Waals surface area contributed by atoms with Gasteiger partial charge < -0.3 is 20.5 Å². The van der Waals surface area contributed by atoms with Crippen molar-refractivity contribution in [2.45, 2.75) is 31.2 Å². The molecule has 0 aliphatic carbocycles. The number of rotatable bonds is 8. The molecule has 1 amide bonds. The van der Waals surface area contributed by atoms with E-state index in [1.54, 1.807) is 38.1 Å². The van der Waals surface area contributed by atoms with E-state index in [0.29, 0.717) is 17.9 Å². The number of aromatic nitrogens is 2. The number of esters is 1. The highest BCUT2D eigenvalue weighted by atomic mass is 32.2. The minimum absolute atomic E-state index is 0.151. The number of thioether (sulfide) groups is 1. The number of H-pyrrole nitrogens is 1. The molecule has 150 valence electrons. The average molecular weight is 406 g/mol. The first kappa shape index (κ1) is 21.3. The topological polar surface area (TPSA) is 136 Å². The van der Waals surface area contributed by atoms with Crippen LogP contribution in [0.2, 0.25) is 0 Å². The summed E-state index contributed by atoms with van der Waals surface area (Å²) in [4.78, 5) is 42.9. The molecule has 0 aliphatic heterocycles. The second-order valence-corrected chi connectivity index (χ2v) is 6.88. The number of nitrogens with one attached hydrogen (secondary N) is 2. The molecule has 1 heterocycles. The molecule has 10 heteroatoms. The van der Waals surface area contributed by atoms with Crippen LogP contribution in [0, 0.1) is 0 Å². The molecule has 0 aliphatic rings. The second-order valence-electron chi connectivity index (χ2n) is 5.55. The fraction of sp³-hybridized carbons (Fsp3) is 0.333. The van der Waals surface area contributed by atoms with Gasteiger partial charge in [-0.2, -0.15) is 0 Å². The number of carbonyl (C=O) groups excluding carboxylic acids is 2. The van der Waals surface area contributed by atoms with E-state index in [-0.39, 0.29) is 23.3 Å². The molecule has 0 bridgehead atoms. The van der Waals surface area contributed by atoms with Gasteiger partial charge in [0.15, 0.2) is 11.0 Å². The Bertz CT molecular complexity index is 898. The quantitative estimate of drug-likeness (QED) is 0.344. The Kier molecular flexibility index (Phi) is 7.44. The zero-order chi connectivity index (χ0) is 20.7. The number of carbonyl (C=O) groups is 2. The van der Waals surface area contributed by atoms with Gasteiger partial charge in [-0.15, -0.1) is 0 Å². The Labute approximate surface area is 166 Å². The summed E-state index contributed by atoms with van der Waals surface area (Å²) >= 11 is 1.00. The summed E-state index contributed by atoms with van der Waals surface area (Å²) in [5.74, 6) is -0.458. The van der Waals surface area contributed by atoms with Gasteiger partial charge >= 0.3 is 5.97 Å². The zero-order valence-electron chi connectivity index (χ0n) is 15.8. The van der Waals surface area contributed by atoms with E-state index in [1.165, 1.54) is 0 Å². The second kappa shape index (κ2) is 9.79. The summed E-state index contributed by atoms with van der Waals surface area (Å²) in [5.41, 5.74) is 5.38. The highest BCUT2D eigenvalue weighted by Gasteiger charge is 2.19. The first-order chi connectivity index (χ1) is 13.3. The van der Waals surface area contributed by atoms with E-state index < -0.39 is 22.7 Å². The molecule has 2 rings (SSSR count). The number of nitrogens with zero attached hydrogens (tertiary/aromatic N) is 1. The number of benzene rings is 1. The lowest BCUT2D eigenvalue weighted by Crippen LogP contribution is -2.24. The lowest BCUT2D eigenvalue weighted by atomic mass is 10.2. The van der Waals surface area contributed by atoms with Crippen LogP contribution >= 0.6 is 11.8 Å². The minimum atomic E-state index is -0.620. The fourth-order valence-corrected chi connectivity index (χ4v) is 2.98.